The monoisotopic (exact) mass is 202 g/mol. The highest BCUT2D eigenvalue weighted by atomic mass is 14.8. The largest absolute Gasteiger partial charge is 0.398 e. The van der Waals surface area contributed by atoms with Crippen LogP contribution in [0.1, 0.15) is 48.7 Å². The first-order valence-corrected chi connectivity index (χ1v) is 5.90. The van der Waals surface area contributed by atoms with Gasteiger partial charge >= 0.3 is 0 Å². The molecule has 2 aliphatic carbocycles. The molecule has 0 unspecified atom stereocenters. The van der Waals surface area contributed by atoms with Gasteiger partial charge in [0.15, 0.2) is 0 Å². The van der Waals surface area contributed by atoms with Crippen molar-refractivity contribution in [2.24, 2.45) is 0 Å². The summed E-state index contributed by atoms with van der Waals surface area (Å²) in [5.74, 6) is 0. The molecular formula is C13H18N2. The van der Waals surface area contributed by atoms with E-state index in [1.54, 1.807) is 0 Å². The Bertz CT molecular complexity index is 431. The standard InChI is InChI=1S/C13H18N2/c1-8-11(14)9-4-3-5-10(9)15-12(8)13(2)6-7-13/h3-7H2,1-2H3,(H2,14,15). The third kappa shape index (κ3) is 1.20. The molecular weight excluding hydrogens is 184 g/mol. The van der Waals surface area contributed by atoms with Gasteiger partial charge in [0, 0.05) is 16.8 Å². The van der Waals surface area contributed by atoms with Gasteiger partial charge in [-0.2, -0.15) is 0 Å². The number of nitrogens with zero attached hydrogens (tertiary/aromatic N) is 1. The fourth-order valence-corrected chi connectivity index (χ4v) is 2.73. The van der Waals surface area contributed by atoms with E-state index in [1.807, 2.05) is 0 Å². The van der Waals surface area contributed by atoms with Crippen LogP contribution >= 0.6 is 0 Å². The van der Waals surface area contributed by atoms with Crippen molar-refractivity contribution in [2.75, 3.05) is 5.73 Å². The van der Waals surface area contributed by atoms with Crippen LogP contribution < -0.4 is 5.73 Å². The number of nitrogens with two attached hydrogens (primary N) is 1. The summed E-state index contributed by atoms with van der Waals surface area (Å²) in [5, 5.41) is 0. The van der Waals surface area contributed by atoms with Gasteiger partial charge in [0.05, 0.1) is 5.69 Å². The Morgan fingerprint density at radius 3 is 2.67 bits per heavy atom. The number of anilines is 1. The maximum atomic E-state index is 6.22. The molecule has 0 spiro atoms. The summed E-state index contributed by atoms with van der Waals surface area (Å²) in [4.78, 5) is 4.87. The number of hydrogen-bond acceptors (Lipinski definition) is 2. The smallest absolute Gasteiger partial charge is 0.0515 e. The van der Waals surface area contributed by atoms with Crippen molar-refractivity contribution in [1.82, 2.24) is 4.98 Å². The van der Waals surface area contributed by atoms with Gasteiger partial charge in [-0.3, -0.25) is 4.98 Å². The lowest BCUT2D eigenvalue weighted by Crippen LogP contribution is -2.11. The van der Waals surface area contributed by atoms with Crippen molar-refractivity contribution in [3.8, 4) is 0 Å². The lowest BCUT2D eigenvalue weighted by atomic mass is 9.96. The molecule has 0 radical (unpaired) electrons. The first-order valence-electron chi connectivity index (χ1n) is 5.90. The molecule has 0 atom stereocenters. The summed E-state index contributed by atoms with van der Waals surface area (Å²) in [5.41, 5.74) is 12.7. The van der Waals surface area contributed by atoms with Crippen LogP contribution in [0.3, 0.4) is 0 Å². The molecule has 1 saturated carbocycles. The summed E-state index contributed by atoms with van der Waals surface area (Å²) in [6.07, 6.45) is 6.04. The van der Waals surface area contributed by atoms with E-state index in [1.165, 1.54) is 41.8 Å². The maximum Gasteiger partial charge on any atom is 0.0515 e. The van der Waals surface area contributed by atoms with Crippen molar-refractivity contribution in [2.45, 2.75) is 51.4 Å². The van der Waals surface area contributed by atoms with E-state index in [0.717, 1.165) is 18.5 Å². The topological polar surface area (TPSA) is 38.9 Å². The first kappa shape index (κ1) is 9.20. The van der Waals surface area contributed by atoms with Gasteiger partial charge in [-0.25, -0.2) is 0 Å². The van der Waals surface area contributed by atoms with Gasteiger partial charge in [0.2, 0.25) is 0 Å². The van der Waals surface area contributed by atoms with Crippen molar-refractivity contribution < 1.29 is 0 Å². The maximum absolute atomic E-state index is 6.22. The molecule has 2 nitrogen and oxygen atoms in total. The highest BCUT2D eigenvalue weighted by Gasteiger charge is 2.42. The molecule has 1 fully saturated rings. The summed E-state index contributed by atoms with van der Waals surface area (Å²) < 4.78 is 0. The Labute approximate surface area is 90.9 Å². The molecule has 1 aromatic heterocycles. The molecule has 1 heterocycles. The number of pyridine rings is 1. The Kier molecular flexibility index (Phi) is 1.68. The second-order valence-electron chi connectivity index (χ2n) is 5.34. The van der Waals surface area contributed by atoms with E-state index < -0.39 is 0 Å². The summed E-state index contributed by atoms with van der Waals surface area (Å²) in [7, 11) is 0. The van der Waals surface area contributed by atoms with Crippen LogP contribution in [0, 0.1) is 6.92 Å². The minimum absolute atomic E-state index is 0.343. The molecule has 0 bridgehead atoms. The van der Waals surface area contributed by atoms with E-state index >= 15 is 0 Å². The van der Waals surface area contributed by atoms with Crippen LogP contribution in [0.25, 0.3) is 0 Å². The van der Waals surface area contributed by atoms with Crippen molar-refractivity contribution >= 4 is 5.69 Å². The molecule has 1 aromatic rings. The Morgan fingerprint density at radius 2 is 2.00 bits per heavy atom. The predicted octanol–water partition coefficient (Wildman–Crippen LogP) is 2.51. The third-order valence-corrected chi connectivity index (χ3v) is 4.09. The molecule has 15 heavy (non-hydrogen) atoms. The predicted molar refractivity (Wildman–Crippen MR) is 62.0 cm³/mol. The number of rotatable bonds is 1. The minimum atomic E-state index is 0.343. The number of nitrogen functional groups attached to an aromatic ring is 1. The van der Waals surface area contributed by atoms with Crippen LogP contribution in [0.5, 0.6) is 0 Å². The highest BCUT2D eigenvalue weighted by Crippen LogP contribution is 2.49. The number of fused-ring (bicyclic) bond motifs is 1. The Morgan fingerprint density at radius 1 is 1.27 bits per heavy atom. The van der Waals surface area contributed by atoms with E-state index in [2.05, 4.69) is 13.8 Å². The third-order valence-electron chi connectivity index (χ3n) is 4.09. The quantitative estimate of drug-likeness (QED) is 0.760. The molecule has 80 valence electrons. The minimum Gasteiger partial charge on any atom is -0.398 e. The zero-order valence-corrected chi connectivity index (χ0v) is 9.56. The molecule has 0 aliphatic heterocycles. The molecule has 2 N–H and O–H groups in total. The average molecular weight is 202 g/mol. The average Bonchev–Trinajstić information content (AvgIpc) is 2.80. The number of aryl methyl sites for hydroxylation is 1. The van der Waals surface area contributed by atoms with Gasteiger partial charge in [-0.15, -0.1) is 0 Å². The van der Waals surface area contributed by atoms with E-state index in [4.69, 9.17) is 10.7 Å². The van der Waals surface area contributed by atoms with Gasteiger partial charge in [0.1, 0.15) is 0 Å². The van der Waals surface area contributed by atoms with Crippen molar-refractivity contribution in [1.29, 1.82) is 0 Å². The fraction of sp³-hybridized carbons (Fsp3) is 0.615. The second kappa shape index (κ2) is 2.75. The van der Waals surface area contributed by atoms with E-state index in [-0.39, 0.29) is 0 Å². The van der Waals surface area contributed by atoms with Crippen molar-refractivity contribution in [3.63, 3.8) is 0 Å². The highest BCUT2D eigenvalue weighted by molar-refractivity contribution is 5.59. The number of hydrogen-bond donors (Lipinski definition) is 1. The zero-order chi connectivity index (χ0) is 10.6. The van der Waals surface area contributed by atoms with E-state index in [0.29, 0.717) is 5.41 Å². The Balaban J connectivity index is 2.20. The van der Waals surface area contributed by atoms with Crippen LogP contribution in [-0.4, -0.2) is 4.98 Å². The molecule has 0 saturated heterocycles. The van der Waals surface area contributed by atoms with E-state index in [9.17, 15) is 0 Å². The number of aromatic nitrogens is 1. The zero-order valence-electron chi connectivity index (χ0n) is 9.56. The summed E-state index contributed by atoms with van der Waals surface area (Å²) in [6.45, 7) is 4.45. The van der Waals surface area contributed by atoms with Gasteiger partial charge in [-0.1, -0.05) is 6.92 Å². The fourth-order valence-electron chi connectivity index (χ4n) is 2.73. The van der Waals surface area contributed by atoms with Crippen LogP contribution in [-0.2, 0) is 18.3 Å². The van der Waals surface area contributed by atoms with Gasteiger partial charge < -0.3 is 5.73 Å². The summed E-state index contributed by atoms with van der Waals surface area (Å²) >= 11 is 0. The molecule has 2 heteroatoms. The SMILES string of the molecule is Cc1c(C2(C)CC2)nc2c(c1N)CCC2. The first-order chi connectivity index (χ1) is 7.12. The molecule has 3 rings (SSSR count). The normalized spacial score (nSPS) is 21.5. The summed E-state index contributed by atoms with van der Waals surface area (Å²) in [6, 6.07) is 0. The van der Waals surface area contributed by atoms with Gasteiger partial charge in [-0.05, 0) is 50.2 Å². The lowest BCUT2D eigenvalue weighted by molar-refractivity contribution is 0.732. The van der Waals surface area contributed by atoms with Crippen LogP contribution in [0.15, 0.2) is 0 Å². The van der Waals surface area contributed by atoms with Crippen molar-refractivity contribution in [3.05, 3.63) is 22.5 Å². The molecule has 0 amide bonds. The molecule has 0 aromatic carbocycles. The van der Waals surface area contributed by atoms with Crippen LogP contribution in [0.2, 0.25) is 0 Å². The lowest BCUT2D eigenvalue weighted by Gasteiger charge is -2.16. The van der Waals surface area contributed by atoms with Gasteiger partial charge in [0.25, 0.3) is 0 Å². The Hall–Kier alpha value is -1.05. The van der Waals surface area contributed by atoms with Crippen LogP contribution in [0.4, 0.5) is 5.69 Å². The molecule has 2 aliphatic rings. The second-order valence-corrected chi connectivity index (χ2v) is 5.34.